The highest BCUT2D eigenvalue weighted by atomic mass is 28.3. The topological polar surface area (TPSA) is 33.1 Å². The van der Waals surface area contributed by atoms with Crippen molar-refractivity contribution in [2.75, 3.05) is 0 Å². The fraction of sp³-hybridized carbons (Fsp3) is 0.562. The second-order valence-corrected chi connectivity index (χ2v) is 11.6. The Morgan fingerprint density at radius 3 is 1.89 bits per heavy atom. The average Bonchev–Trinajstić information content (AvgIpc) is 2.30. The largest absolute Gasteiger partial charge is 0.506 e. The van der Waals surface area contributed by atoms with Gasteiger partial charge in [0, 0.05) is 0 Å². The Balaban J connectivity index is 3.19. The molecule has 0 amide bonds. The molecule has 0 saturated heterocycles. The molecule has 0 radical (unpaired) electrons. The van der Waals surface area contributed by atoms with E-state index in [4.69, 9.17) is 0 Å². The number of pyridine rings is 1. The molecular formula is C16H25NOSi. The van der Waals surface area contributed by atoms with Crippen LogP contribution in [0.4, 0.5) is 0 Å². The van der Waals surface area contributed by atoms with Crippen molar-refractivity contribution in [2.24, 2.45) is 0 Å². The van der Waals surface area contributed by atoms with Crippen LogP contribution < -0.4 is 0 Å². The number of aromatic hydroxyl groups is 1. The zero-order valence-corrected chi connectivity index (χ0v) is 13.9. The Bertz CT molecular complexity index is 444. The Kier molecular flexibility index (Phi) is 5.19. The molecule has 0 unspecified atom stereocenters. The maximum atomic E-state index is 9.25. The van der Waals surface area contributed by atoms with Crippen molar-refractivity contribution >= 4 is 8.07 Å². The standard InChI is InChI=1S/C16H25NOSi/c1-12(2)19(13(3)4,14(5)6)10-9-15-7-8-16(18)11-17-15/h7-8,11-14,18H,1-6H3. The Labute approximate surface area is 118 Å². The van der Waals surface area contributed by atoms with Crippen LogP contribution in [0, 0.1) is 11.5 Å². The van der Waals surface area contributed by atoms with Gasteiger partial charge in [-0.05, 0) is 28.8 Å². The van der Waals surface area contributed by atoms with E-state index in [0.717, 1.165) is 5.69 Å². The van der Waals surface area contributed by atoms with Gasteiger partial charge < -0.3 is 5.11 Å². The predicted octanol–water partition coefficient (Wildman–Crippen LogP) is 4.36. The zero-order chi connectivity index (χ0) is 14.6. The highest BCUT2D eigenvalue weighted by Crippen LogP contribution is 2.40. The fourth-order valence-corrected chi connectivity index (χ4v) is 8.28. The Morgan fingerprint density at radius 1 is 1.00 bits per heavy atom. The summed E-state index contributed by atoms with van der Waals surface area (Å²) in [6.45, 7) is 13.8. The molecule has 0 aliphatic rings. The van der Waals surface area contributed by atoms with Crippen LogP contribution in [0.5, 0.6) is 5.75 Å². The lowest BCUT2D eigenvalue weighted by molar-refractivity contribution is 0.472. The van der Waals surface area contributed by atoms with Crippen LogP contribution in [-0.4, -0.2) is 18.2 Å². The number of hydrogen-bond acceptors (Lipinski definition) is 2. The number of rotatable bonds is 3. The van der Waals surface area contributed by atoms with Crippen molar-refractivity contribution < 1.29 is 5.11 Å². The molecule has 0 atom stereocenters. The van der Waals surface area contributed by atoms with Crippen LogP contribution >= 0.6 is 0 Å². The first-order chi connectivity index (χ1) is 8.80. The smallest absolute Gasteiger partial charge is 0.146 e. The minimum Gasteiger partial charge on any atom is -0.506 e. The maximum Gasteiger partial charge on any atom is 0.146 e. The van der Waals surface area contributed by atoms with Gasteiger partial charge in [0.15, 0.2) is 0 Å². The van der Waals surface area contributed by atoms with Crippen LogP contribution in [0.3, 0.4) is 0 Å². The fourth-order valence-electron chi connectivity index (χ4n) is 3.07. The molecule has 0 spiro atoms. The first-order valence-electron chi connectivity index (χ1n) is 6.98. The van der Waals surface area contributed by atoms with Crippen molar-refractivity contribution in [1.82, 2.24) is 4.98 Å². The molecule has 0 aliphatic heterocycles. The maximum absolute atomic E-state index is 9.25. The highest BCUT2D eigenvalue weighted by molar-refractivity contribution is 6.90. The van der Waals surface area contributed by atoms with Gasteiger partial charge in [-0.15, -0.1) is 5.54 Å². The molecule has 19 heavy (non-hydrogen) atoms. The summed E-state index contributed by atoms with van der Waals surface area (Å²) in [4.78, 5) is 4.16. The van der Waals surface area contributed by atoms with Crippen LogP contribution in [0.25, 0.3) is 0 Å². The number of hydrogen-bond donors (Lipinski definition) is 1. The van der Waals surface area contributed by atoms with Crippen LogP contribution in [0.15, 0.2) is 18.3 Å². The molecule has 0 bridgehead atoms. The summed E-state index contributed by atoms with van der Waals surface area (Å²) in [5.74, 6) is 3.43. The molecule has 3 heteroatoms. The monoisotopic (exact) mass is 275 g/mol. The van der Waals surface area contributed by atoms with Crippen LogP contribution in [0.2, 0.25) is 16.6 Å². The highest BCUT2D eigenvalue weighted by Gasteiger charge is 2.41. The van der Waals surface area contributed by atoms with E-state index in [-0.39, 0.29) is 5.75 Å². The summed E-state index contributed by atoms with van der Waals surface area (Å²) >= 11 is 0. The van der Waals surface area contributed by atoms with Gasteiger partial charge in [0.2, 0.25) is 0 Å². The summed E-state index contributed by atoms with van der Waals surface area (Å²) in [5, 5.41) is 9.25. The third kappa shape index (κ3) is 3.39. The molecule has 2 nitrogen and oxygen atoms in total. The number of nitrogens with zero attached hydrogens (tertiary/aromatic N) is 1. The molecule has 0 fully saturated rings. The normalized spacial score (nSPS) is 11.8. The zero-order valence-electron chi connectivity index (χ0n) is 12.9. The van der Waals surface area contributed by atoms with Gasteiger partial charge in [-0.1, -0.05) is 47.5 Å². The van der Waals surface area contributed by atoms with Gasteiger partial charge in [0.1, 0.15) is 19.5 Å². The lowest BCUT2D eigenvalue weighted by Gasteiger charge is -2.38. The molecule has 0 aromatic carbocycles. The minimum atomic E-state index is -1.69. The predicted molar refractivity (Wildman–Crippen MR) is 83.8 cm³/mol. The van der Waals surface area contributed by atoms with Crippen molar-refractivity contribution in [3.63, 3.8) is 0 Å². The lowest BCUT2D eigenvalue weighted by Crippen LogP contribution is -2.43. The summed E-state index contributed by atoms with van der Waals surface area (Å²) in [5.41, 5.74) is 6.23. The second kappa shape index (κ2) is 6.25. The third-order valence-corrected chi connectivity index (χ3v) is 10.3. The molecule has 0 aliphatic carbocycles. The van der Waals surface area contributed by atoms with Gasteiger partial charge in [0.05, 0.1) is 6.20 Å². The van der Waals surface area contributed by atoms with E-state index in [9.17, 15) is 5.11 Å². The van der Waals surface area contributed by atoms with Crippen molar-refractivity contribution in [3.8, 4) is 17.2 Å². The molecule has 1 N–H and O–H groups in total. The lowest BCUT2D eigenvalue weighted by atomic mass is 10.3. The average molecular weight is 275 g/mol. The Hall–Kier alpha value is -1.27. The minimum absolute atomic E-state index is 0.186. The van der Waals surface area contributed by atoms with Gasteiger partial charge in [-0.2, -0.15) is 0 Å². The van der Waals surface area contributed by atoms with Gasteiger partial charge >= 0.3 is 0 Å². The van der Waals surface area contributed by atoms with Gasteiger partial charge in [-0.3, -0.25) is 0 Å². The quantitative estimate of drug-likeness (QED) is 0.657. The van der Waals surface area contributed by atoms with E-state index in [1.54, 1.807) is 12.1 Å². The van der Waals surface area contributed by atoms with E-state index in [1.807, 2.05) is 0 Å². The Morgan fingerprint density at radius 2 is 1.53 bits per heavy atom. The van der Waals surface area contributed by atoms with Gasteiger partial charge in [-0.25, -0.2) is 4.98 Å². The SMILES string of the molecule is CC(C)[Si](C#Cc1ccc(O)cn1)(C(C)C)C(C)C. The van der Waals surface area contributed by atoms with Crippen molar-refractivity contribution in [1.29, 1.82) is 0 Å². The van der Waals surface area contributed by atoms with Crippen molar-refractivity contribution in [3.05, 3.63) is 24.0 Å². The molecule has 1 aromatic heterocycles. The first kappa shape index (κ1) is 15.8. The third-order valence-electron chi connectivity index (χ3n) is 4.02. The van der Waals surface area contributed by atoms with E-state index >= 15 is 0 Å². The van der Waals surface area contributed by atoms with E-state index in [2.05, 4.69) is 58.0 Å². The molecule has 1 rings (SSSR count). The molecule has 1 aromatic rings. The number of aromatic nitrogens is 1. The van der Waals surface area contributed by atoms with E-state index < -0.39 is 8.07 Å². The summed E-state index contributed by atoms with van der Waals surface area (Å²) in [6.07, 6.45) is 1.45. The molecule has 104 valence electrons. The summed E-state index contributed by atoms with van der Waals surface area (Å²) in [7, 11) is -1.69. The summed E-state index contributed by atoms with van der Waals surface area (Å²) < 4.78 is 0. The first-order valence-corrected chi connectivity index (χ1v) is 9.22. The van der Waals surface area contributed by atoms with Gasteiger partial charge in [0.25, 0.3) is 0 Å². The van der Waals surface area contributed by atoms with Crippen LogP contribution in [0.1, 0.15) is 47.2 Å². The van der Waals surface area contributed by atoms with Crippen molar-refractivity contribution in [2.45, 2.75) is 58.2 Å². The summed E-state index contributed by atoms with van der Waals surface area (Å²) in [6, 6.07) is 3.42. The second-order valence-electron chi connectivity index (χ2n) is 6.05. The molecular weight excluding hydrogens is 250 g/mol. The molecule has 1 heterocycles. The van der Waals surface area contributed by atoms with E-state index in [0.29, 0.717) is 16.6 Å². The van der Waals surface area contributed by atoms with Crippen LogP contribution in [-0.2, 0) is 0 Å². The molecule has 0 saturated carbocycles. The van der Waals surface area contributed by atoms with E-state index in [1.165, 1.54) is 6.20 Å².